The van der Waals surface area contributed by atoms with Crippen molar-refractivity contribution in [1.29, 1.82) is 0 Å². The topological polar surface area (TPSA) is 63.2 Å². The van der Waals surface area contributed by atoms with Crippen LogP contribution in [0.2, 0.25) is 5.28 Å². The molecule has 0 N–H and O–H groups in total. The minimum Gasteiger partial charge on any atom is -0.266 e. The zero-order valence-corrected chi connectivity index (χ0v) is 11.7. The number of hydrogen-bond acceptors (Lipinski definition) is 4. The van der Waals surface area contributed by atoms with Gasteiger partial charge < -0.3 is 0 Å². The van der Waals surface area contributed by atoms with Crippen molar-refractivity contribution in [2.24, 2.45) is 0 Å². The minimum atomic E-state index is -3.80. The van der Waals surface area contributed by atoms with Crippen LogP contribution in [-0.2, 0) is 16.4 Å². The number of rotatable bonds is 2. The molecule has 0 bridgehead atoms. The number of nitrogens with zero attached hydrogens (tertiary/aromatic N) is 3. The molecule has 1 aliphatic rings. The van der Waals surface area contributed by atoms with Gasteiger partial charge in [0.05, 0.1) is 18.1 Å². The summed E-state index contributed by atoms with van der Waals surface area (Å²) in [5, 5.41) is -0.0307. The normalized spacial score (nSPS) is 14.4. The van der Waals surface area contributed by atoms with Crippen LogP contribution >= 0.6 is 11.6 Å². The van der Waals surface area contributed by atoms with E-state index in [4.69, 9.17) is 11.6 Å². The van der Waals surface area contributed by atoms with E-state index in [1.165, 1.54) is 12.1 Å². The van der Waals surface area contributed by atoms with Crippen LogP contribution in [0.25, 0.3) is 0 Å². The summed E-state index contributed by atoms with van der Waals surface area (Å²) in [5.74, 6) is -0.474. The Morgan fingerprint density at radius 1 is 1.25 bits per heavy atom. The molecule has 1 aliphatic heterocycles. The summed E-state index contributed by atoms with van der Waals surface area (Å²) in [6, 6.07) is 4.13. The van der Waals surface area contributed by atoms with Gasteiger partial charge in [-0.2, -0.15) is 0 Å². The fraction of sp³-hybridized carbons (Fsp3) is 0.167. The van der Waals surface area contributed by atoms with Gasteiger partial charge in [-0.1, -0.05) is 6.07 Å². The Morgan fingerprint density at radius 3 is 2.65 bits per heavy atom. The van der Waals surface area contributed by atoms with E-state index in [-0.39, 0.29) is 16.7 Å². The molecule has 2 aromatic rings. The molecular formula is C12H9ClFN3O2S. The monoisotopic (exact) mass is 313 g/mol. The van der Waals surface area contributed by atoms with Crippen molar-refractivity contribution in [2.45, 2.75) is 11.3 Å². The summed E-state index contributed by atoms with van der Waals surface area (Å²) in [7, 11) is -3.80. The zero-order chi connectivity index (χ0) is 14.3. The summed E-state index contributed by atoms with van der Waals surface area (Å²) in [6.07, 6.45) is 2.83. The molecule has 1 aromatic heterocycles. The Labute approximate surface area is 120 Å². The molecule has 0 spiro atoms. The summed E-state index contributed by atoms with van der Waals surface area (Å²) < 4.78 is 39.5. The first-order valence-corrected chi connectivity index (χ1v) is 7.59. The van der Waals surface area contributed by atoms with Gasteiger partial charge in [-0.3, -0.25) is 4.31 Å². The number of benzene rings is 1. The van der Waals surface area contributed by atoms with Gasteiger partial charge in [0.2, 0.25) is 5.28 Å². The number of sulfonamides is 1. The highest BCUT2D eigenvalue weighted by Crippen LogP contribution is 2.33. The Bertz CT molecular complexity index is 765. The van der Waals surface area contributed by atoms with Crippen LogP contribution in [-0.4, -0.2) is 24.9 Å². The third kappa shape index (κ3) is 2.12. The lowest BCUT2D eigenvalue weighted by Gasteiger charge is -2.19. The van der Waals surface area contributed by atoms with Crippen LogP contribution in [0.3, 0.4) is 0 Å². The molecule has 0 amide bonds. The number of hydrogen-bond donors (Lipinski definition) is 0. The highest BCUT2D eigenvalue weighted by atomic mass is 35.5. The molecule has 0 radical (unpaired) electrons. The molecule has 0 fully saturated rings. The summed E-state index contributed by atoms with van der Waals surface area (Å²) in [5.41, 5.74) is 1.16. The average molecular weight is 314 g/mol. The van der Waals surface area contributed by atoms with Crippen LogP contribution in [0.4, 0.5) is 10.1 Å². The van der Waals surface area contributed by atoms with Crippen molar-refractivity contribution in [1.82, 2.24) is 9.97 Å². The van der Waals surface area contributed by atoms with Crippen molar-refractivity contribution in [3.05, 3.63) is 47.3 Å². The quantitative estimate of drug-likeness (QED) is 0.796. The minimum absolute atomic E-state index is 0.0307. The Balaban J connectivity index is 2.07. The number of aromatic nitrogens is 2. The van der Waals surface area contributed by atoms with E-state index in [9.17, 15) is 12.8 Å². The second-order valence-corrected chi connectivity index (χ2v) is 6.49. The predicted octanol–water partition coefficient (Wildman–Crippen LogP) is 2.02. The van der Waals surface area contributed by atoms with Crippen molar-refractivity contribution >= 4 is 27.3 Å². The standard InChI is InChI=1S/C12H9ClFN3O2S/c13-12-15-6-10(7-16-12)20(18,19)17-4-3-8-1-2-9(14)5-11(8)17/h1-2,5-7H,3-4H2. The van der Waals surface area contributed by atoms with Crippen LogP contribution in [0.5, 0.6) is 0 Å². The first-order chi connectivity index (χ1) is 9.48. The molecule has 0 saturated heterocycles. The SMILES string of the molecule is O=S(=O)(c1cnc(Cl)nc1)N1CCc2ccc(F)cc21. The lowest BCUT2D eigenvalue weighted by atomic mass is 10.2. The Kier molecular flexibility index (Phi) is 3.10. The van der Waals surface area contributed by atoms with Gasteiger partial charge in [0, 0.05) is 6.54 Å². The van der Waals surface area contributed by atoms with Gasteiger partial charge in [0.15, 0.2) is 0 Å². The number of fused-ring (bicyclic) bond motifs is 1. The van der Waals surface area contributed by atoms with Crippen LogP contribution in [0, 0.1) is 5.82 Å². The highest BCUT2D eigenvalue weighted by molar-refractivity contribution is 7.92. The third-order valence-electron chi connectivity index (χ3n) is 3.08. The molecule has 0 unspecified atom stereocenters. The molecule has 5 nitrogen and oxygen atoms in total. The summed E-state index contributed by atoms with van der Waals surface area (Å²) in [4.78, 5) is 7.26. The molecule has 0 atom stereocenters. The fourth-order valence-electron chi connectivity index (χ4n) is 2.13. The van der Waals surface area contributed by atoms with Gasteiger partial charge in [-0.25, -0.2) is 22.8 Å². The van der Waals surface area contributed by atoms with Crippen molar-refractivity contribution in [2.75, 3.05) is 10.8 Å². The van der Waals surface area contributed by atoms with Gasteiger partial charge in [0.25, 0.3) is 10.0 Å². The average Bonchev–Trinajstić information content (AvgIpc) is 2.82. The van der Waals surface area contributed by atoms with E-state index >= 15 is 0 Å². The van der Waals surface area contributed by atoms with E-state index in [0.29, 0.717) is 12.1 Å². The largest absolute Gasteiger partial charge is 0.267 e. The van der Waals surface area contributed by atoms with Crippen molar-refractivity contribution < 1.29 is 12.8 Å². The highest BCUT2D eigenvalue weighted by Gasteiger charge is 2.31. The smallest absolute Gasteiger partial charge is 0.266 e. The van der Waals surface area contributed by atoms with Gasteiger partial charge in [-0.15, -0.1) is 0 Å². The van der Waals surface area contributed by atoms with E-state index in [1.54, 1.807) is 6.07 Å². The maximum atomic E-state index is 13.3. The summed E-state index contributed by atoms with van der Waals surface area (Å²) >= 11 is 5.54. The van der Waals surface area contributed by atoms with E-state index in [2.05, 4.69) is 9.97 Å². The molecular weight excluding hydrogens is 305 g/mol. The molecule has 20 heavy (non-hydrogen) atoms. The fourth-order valence-corrected chi connectivity index (χ4v) is 3.62. The maximum absolute atomic E-state index is 13.3. The Hall–Kier alpha value is -1.73. The van der Waals surface area contributed by atoms with Crippen LogP contribution in [0.15, 0.2) is 35.5 Å². The second kappa shape index (κ2) is 4.68. The van der Waals surface area contributed by atoms with Gasteiger partial charge >= 0.3 is 0 Å². The van der Waals surface area contributed by atoms with E-state index < -0.39 is 15.8 Å². The zero-order valence-electron chi connectivity index (χ0n) is 10.1. The molecule has 3 rings (SSSR count). The third-order valence-corrected chi connectivity index (χ3v) is 5.05. The molecule has 2 heterocycles. The Morgan fingerprint density at radius 2 is 1.95 bits per heavy atom. The first kappa shape index (κ1) is 13.3. The van der Waals surface area contributed by atoms with E-state index in [0.717, 1.165) is 22.3 Å². The first-order valence-electron chi connectivity index (χ1n) is 5.77. The molecule has 0 aliphatic carbocycles. The van der Waals surface area contributed by atoms with E-state index in [1.807, 2.05) is 0 Å². The lowest BCUT2D eigenvalue weighted by molar-refractivity contribution is 0.591. The molecule has 104 valence electrons. The molecule has 1 aromatic carbocycles. The summed E-state index contributed by atoms with van der Waals surface area (Å²) in [6.45, 7) is 0.268. The van der Waals surface area contributed by atoms with Gasteiger partial charge in [0.1, 0.15) is 10.7 Å². The predicted molar refractivity (Wildman–Crippen MR) is 71.7 cm³/mol. The van der Waals surface area contributed by atoms with Crippen molar-refractivity contribution in [3.63, 3.8) is 0 Å². The van der Waals surface area contributed by atoms with Crippen molar-refractivity contribution in [3.8, 4) is 0 Å². The number of halogens is 2. The number of anilines is 1. The van der Waals surface area contributed by atoms with Gasteiger partial charge in [-0.05, 0) is 35.7 Å². The van der Waals surface area contributed by atoms with Crippen LogP contribution in [0.1, 0.15) is 5.56 Å². The molecule has 0 saturated carbocycles. The molecule has 8 heteroatoms. The lowest BCUT2D eigenvalue weighted by Crippen LogP contribution is -2.29. The maximum Gasteiger partial charge on any atom is 0.267 e. The van der Waals surface area contributed by atoms with Crippen LogP contribution < -0.4 is 4.31 Å². The second-order valence-electron chi connectivity index (χ2n) is 4.29.